The molecule has 1 N–H and O–H groups in total. The number of carbonyl (C=O) groups is 1. The third kappa shape index (κ3) is 4.66. The average Bonchev–Trinajstić information content (AvgIpc) is 2.63. The van der Waals surface area contributed by atoms with Gasteiger partial charge in [0.1, 0.15) is 0 Å². The van der Waals surface area contributed by atoms with Gasteiger partial charge in [-0.05, 0) is 30.3 Å². The van der Waals surface area contributed by atoms with E-state index in [1.807, 2.05) is 6.07 Å². The maximum Gasteiger partial charge on any atom is 0.225 e. The molecule has 1 fully saturated rings. The number of benzene rings is 1. The molecular formula is C17H20ClN5O. The molecule has 0 saturated carbocycles. The fraction of sp³-hybridized carbons (Fsp3) is 0.353. The Balaban J connectivity index is 1.40. The lowest BCUT2D eigenvalue weighted by molar-refractivity contribution is -0.116. The second-order valence-corrected chi connectivity index (χ2v) is 6.12. The lowest BCUT2D eigenvalue weighted by Gasteiger charge is -2.34. The van der Waals surface area contributed by atoms with Crippen LogP contribution in [0.25, 0.3) is 0 Å². The van der Waals surface area contributed by atoms with Crippen LogP contribution in [0.2, 0.25) is 5.02 Å². The molecule has 1 aliphatic rings. The van der Waals surface area contributed by atoms with Gasteiger partial charge in [0, 0.05) is 62.2 Å². The first-order valence-corrected chi connectivity index (χ1v) is 8.38. The van der Waals surface area contributed by atoms with Gasteiger partial charge in [-0.25, -0.2) is 9.97 Å². The molecule has 0 radical (unpaired) electrons. The summed E-state index contributed by atoms with van der Waals surface area (Å²) in [4.78, 5) is 25.0. The van der Waals surface area contributed by atoms with Crippen LogP contribution in [0.1, 0.15) is 6.42 Å². The predicted octanol–water partition coefficient (Wildman–Crippen LogP) is 2.28. The molecule has 126 valence electrons. The van der Waals surface area contributed by atoms with E-state index in [-0.39, 0.29) is 5.91 Å². The molecule has 0 aliphatic carbocycles. The van der Waals surface area contributed by atoms with Crippen LogP contribution in [-0.2, 0) is 4.79 Å². The number of carbonyl (C=O) groups excluding carboxylic acids is 1. The maximum atomic E-state index is 12.0. The molecule has 1 aromatic carbocycles. The van der Waals surface area contributed by atoms with Crippen LogP contribution in [0, 0.1) is 0 Å². The van der Waals surface area contributed by atoms with Crippen molar-refractivity contribution in [2.75, 3.05) is 42.9 Å². The summed E-state index contributed by atoms with van der Waals surface area (Å²) < 4.78 is 0. The van der Waals surface area contributed by atoms with Crippen LogP contribution in [0.15, 0.2) is 42.7 Å². The van der Waals surface area contributed by atoms with E-state index < -0.39 is 0 Å². The molecule has 7 heteroatoms. The number of hydrogen-bond acceptors (Lipinski definition) is 5. The Morgan fingerprint density at radius 3 is 2.42 bits per heavy atom. The van der Waals surface area contributed by atoms with Crippen molar-refractivity contribution in [2.24, 2.45) is 0 Å². The number of nitrogens with one attached hydrogen (secondary N) is 1. The van der Waals surface area contributed by atoms with Crippen molar-refractivity contribution in [3.05, 3.63) is 47.7 Å². The Bertz CT molecular complexity index is 656. The van der Waals surface area contributed by atoms with Crippen LogP contribution in [0.5, 0.6) is 0 Å². The highest BCUT2D eigenvalue weighted by molar-refractivity contribution is 6.30. The van der Waals surface area contributed by atoms with Crippen molar-refractivity contribution >= 4 is 29.1 Å². The first-order chi connectivity index (χ1) is 11.7. The fourth-order valence-electron chi connectivity index (χ4n) is 2.64. The number of anilines is 2. The summed E-state index contributed by atoms with van der Waals surface area (Å²) in [7, 11) is 0. The van der Waals surface area contributed by atoms with Crippen LogP contribution in [0.3, 0.4) is 0 Å². The van der Waals surface area contributed by atoms with Gasteiger partial charge in [0.2, 0.25) is 11.9 Å². The van der Waals surface area contributed by atoms with E-state index in [1.165, 1.54) is 0 Å². The van der Waals surface area contributed by atoms with Crippen molar-refractivity contribution in [1.29, 1.82) is 0 Å². The average molecular weight is 346 g/mol. The molecule has 1 aliphatic heterocycles. The maximum absolute atomic E-state index is 12.0. The van der Waals surface area contributed by atoms with Gasteiger partial charge >= 0.3 is 0 Å². The molecule has 1 amide bonds. The van der Waals surface area contributed by atoms with Gasteiger partial charge in [0.25, 0.3) is 0 Å². The number of aromatic nitrogens is 2. The molecule has 0 spiro atoms. The van der Waals surface area contributed by atoms with E-state index in [0.29, 0.717) is 11.4 Å². The summed E-state index contributed by atoms with van der Waals surface area (Å²) in [5.41, 5.74) is 0.774. The van der Waals surface area contributed by atoms with Gasteiger partial charge < -0.3 is 10.2 Å². The van der Waals surface area contributed by atoms with E-state index in [2.05, 4.69) is 25.1 Å². The minimum Gasteiger partial charge on any atom is -0.338 e. The number of amides is 1. The standard InChI is InChI=1S/C17H20ClN5O/c18-14-2-4-15(5-3-14)21-16(24)6-9-22-10-12-23(13-11-22)17-19-7-1-8-20-17/h1-5,7-8H,6,9-13H2,(H,21,24). The summed E-state index contributed by atoms with van der Waals surface area (Å²) in [5, 5.41) is 3.55. The van der Waals surface area contributed by atoms with Gasteiger partial charge in [-0.1, -0.05) is 11.6 Å². The molecule has 24 heavy (non-hydrogen) atoms. The highest BCUT2D eigenvalue weighted by Crippen LogP contribution is 2.14. The number of piperazine rings is 1. The van der Waals surface area contributed by atoms with Crippen LogP contribution in [0.4, 0.5) is 11.6 Å². The van der Waals surface area contributed by atoms with Crippen LogP contribution < -0.4 is 10.2 Å². The number of nitrogens with zero attached hydrogens (tertiary/aromatic N) is 4. The summed E-state index contributed by atoms with van der Waals surface area (Å²) in [6.07, 6.45) is 4.00. The zero-order valence-corrected chi connectivity index (χ0v) is 14.1. The summed E-state index contributed by atoms with van der Waals surface area (Å²) >= 11 is 5.83. The van der Waals surface area contributed by atoms with E-state index in [0.717, 1.165) is 44.4 Å². The Morgan fingerprint density at radius 2 is 1.75 bits per heavy atom. The third-order valence-corrected chi connectivity index (χ3v) is 4.24. The predicted molar refractivity (Wildman–Crippen MR) is 95.4 cm³/mol. The first-order valence-electron chi connectivity index (χ1n) is 8.00. The highest BCUT2D eigenvalue weighted by Gasteiger charge is 2.19. The van der Waals surface area contributed by atoms with Gasteiger partial charge in [0.15, 0.2) is 0 Å². The van der Waals surface area contributed by atoms with E-state index in [9.17, 15) is 4.79 Å². The van der Waals surface area contributed by atoms with E-state index in [4.69, 9.17) is 11.6 Å². The smallest absolute Gasteiger partial charge is 0.225 e. The van der Waals surface area contributed by atoms with Crippen LogP contribution in [-0.4, -0.2) is 53.5 Å². The molecule has 1 aromatic heterocycles. The lowest BCUT2D eigenvalue weighted by atomic mass is 10.2. The van der Waals surface area contributed by atoms with Gasteiger partial charge in [-0.2, -0.15) is 0 Å². The quantitative estimate of drug-likeness (QED) is 0.900. The van der Waals surface area contributed by atoms with Gasteiger partial charge in [-0.3, -0.25) is 9.69 Å². The molecule has 0 unspecified atom stereocenters. The molecule has 6 nitrogen and oxygen atoms in total. The van der Waals surface area contributed by atoms with Crippen molar-refractivity contribution in [1.82, 2.24) is 14.9 Å². The SMILES string of the molecule is O=C(CCN1CCN(c2ncccn2)CC1)Nc1ccc(Cl)cc1. The number of hydrogen-bond donors (Lipinski definition) is 1. The molecular weight excluding hydrogens is 326 g/mol. The van der Waals surface area contributed by atoms with E-state index in [1.54, 1.807) is 36.7 Å². The zero-order chi connectivity index (χ0) is 16.8. The van der Waals surface area contributed by atoms with Crippen LogP contribution >= 0.6 is 11.6 Å². The Hall–Kier alpha value is -2.18. The normalized spacial score (nSPS) is 15.3. The fourth-order valence-corrected chi connectivity index (χ4v) is 2.77. The van der Waals surface area contributed by atoms with Gasteiger partial charge in [0.05, 0.1) is 0 Å². The first kappa shape index (κ1) is 16.7. The Labute approximate surface area is 146 Å². The zero-order valence-electron chi connectivity index (χ0n) is 13.4. The second-order valence-electron chi connectivity index (χ2n) is 5.68. The number of halogens is 1. The van der Waals surface area contributed by atoms with Crippen molar-refractivity contribution in [3.8, 4) is 0 Å². The largest absolute Gasteiger partial charge is 0.338 e. The molecule has 0 bridgehead atoms. The van der Waals surface area contributed by atoms with Crippen molar-refractivity contribution < 1.29 is 4.79 Å². The third-order valence-electron chi connectivity index (χ3n) is 3.99. The minimum absolute atomic E-state index is 0.0196. The molecule has 0 atom stereocenters. The molecule has 3 rings (SSSR count). The topological polar surface area (TPSA) is 61.4 Å². The van der Waals surface area contributed by atoms with E-state index >= 15 is 0 Å². The summed E-state index contributed by atoms with van der Waals surface area (Å²) in [6, 6.07) is 8.96. The minimum atomic E-state index is 0.0196. The summed E-state index contributed by atoms with van der Waals surface area (Å²) in [5.74, 6) is 0.795. The Kier molecular flexibility index (Phi) is 5.61. The van der Waals surface area contributed by atoms with Crippen molar-refractivity contribution in [3.63, 3.8) is 0 Å². The highest BCUT2D eigenvalue weighted by atomic mass is 35.5. The Morgan fingerprint density at radius 1 is 1.08 bits per heavy atom. The lowest BCUT2D eigenvalue weighted by Crippen LogP contribution is -2.47. The second kappa shape index (κ2) is 8.08. The van der Waals surface area contributed by atoms with Crippen molar-refractivity contribution in [2.45, 2.75) is 6.42 Å². The molecule has 1 saturated heterocycles. The van der Waals surface area contributed by atoms with Gasteiger partial charge in [-0.15, -0.1) is 0 Å². The summed E-state index contributed by atoms with van der Waals surface area (Å²) in [6.45, 7) is 4.33. The molecule has 2 aromatic rings. The monoisotopic (exact) mass is 345 g/mol. The molecule has 2 heterocycles. The number of rotatable bonds is 5.